The van der Waals surface area contributed by atoms with Crippen LogP contribution in [0.25, 0.3) is 0 Å². The lowest BCUT2D eigenvalue weighted by molar-refractivity contribution is 0.204. The highest BCUT2D eigenvalue weighted by Crippen LogP contribution is 2.31. The maximum absolute atomic E-state index is 14.3. The van der Waals surface area contributed by atoms with Crippen LogP contribution in [0.2, 0.25) is 0 Å². The lowest BCUT2D eigenvalue weighted by Crippen LogP contribution is -2.16. The lowest BCUT2D eigenvalue weighted by Gasteiger charge is -2.14. The number of rotatable bonds is 9. The molecule has 4 nitrogen and oxygen atoms in total. The van der Waals surface area contributed by atoms with Crippen molar-refractivity contribution in [1.82, 2.24) is 5.32 Å². The Morgan fingerprint density at radius 1 is 1.62 bits per heavy atom. The SMILES string of the molecule is C=CNCC1C=CC=C(OCCCC(=C)N=O)C(F)=C1P. The first-order valence-corrected chi connectivity index (χ1v) is 7.20. The van der Waals surface area contributed by atoms with Crippen molar-refractivity contribution in [2.24, 2.45) is 11.1 Å². The van der Waals surface area contributed by atoms with E-state index in [1.807, 2.05) is 6.08 Å². The molecule has 1 aliphatic rings. The molecule has 1 N–H and O–H groups in total. The van der Waals surface area contributed by atoms with Gasteiger partial charge in [-0.1, -0.05) is 25.3 Å². The summed E-state index contributed by atoms with van der Waals surface area (Å²) >= 11 is 0. The molecule has 1 rings (SSSR count). The van der Waals surface area contributed by atoms with Gasteiger partial charge >= 0.3 is 0 Å². The van der Waals surface area contributed by atoms with E-state index in [1.165, 1.54) is 0 Å². The molecule has 0 radical (unpaired) electrons. The van der Waals surface area contributed by atoms with Crippen molar-refractivity contribution in [3.05, 3.63) is 65.1 Å². The zero-order valence-corrected chi connectivity index (χ0v) is 13.0. The molecule has 0 aromatic rings. The van der Waals surface area contributed by atoms with E-state index in [0.717, 1.165) is 0 Å². The van der Waals surface area contributed by atoms with Gasteiger partial charge in [0, 0.05) is 12.5 Å². The van der Waals surface area contributed by atoms with Gasteiger partial charge in [-0.15, -0.1) is 14.1 Å². The maximum atomic E-state index is 14.3. The molecule has 0 heterocycles. The standard InChI is InChI=1S/C15H20FN2O2P/c1-3-17-10-12-7-4-8-13(14(16)15(12)21)20-9-5-6-11(2)18-19/h3-4,7-8,12,17H,1-2,5-6,9-10,21H2. The summed E-state index contributed by atoms with van der Waals surface area (Å²) in [6, 6.07) is 0. The van der Waals surface area contributed by atoms with Gasteiger partial charge in [-0.05, 0) is 35.6 Å². The third kappa shape index (κ3) is 5.64. The molecule has 0 aromatic carbocycles. The first-order chi connectivity index (χ1) is 10.1. The number of nitrogens with one attached hydrogen (secondary N) is 1. The summed E-state index contributed by atoms with van der Waals surface area (Å²) in [6.07, 6.45) is 7.85. The Balaban J connectivity index is 2.59. The van der Waals surface area contributed by atoms with Crippen LogP contribution >= 0.6 is 9.24 Å². The summed E-state index contributed by atoms with van der Waals surface area (Å²) in [5, 5.41) is 6.22. The second kappa shape index (κ2) is 9.24. The fraction of sp³-hybridized carbons (Fsp3) is 0.333. The number of hydrogen-bond acceptors (Lipinski definition) is 4. The van der Waals surface area contributed by atoms with Gasteiger partial charge in [-0.25, -0.2) is 4.39 Å². The molecule has 0 saturated heterocycles. The Kier molecular flexibility index (Phi) is 7.62. The Labute approximate surface area is 126 Å². The first kappa shape index (κ1) is 17.3. The van der Waals surface area contributed by atoms with E-state index in [-0.39, 0.29) is 23.2 Å². The van der Waals surface area contributed by atoms with Crippen molar-refractivity contribution >= 4 is 9.24 Å². The molecule has 0 saturated carbocycles. The predicted octanol–water partition coefficient (Wildman–Crippen LogP) is 3.92. The van der Waals surface area contributed by atoms with E-state index in [4.69, 9.17) is 4.74 Å². The van der Waals surface area contributed by atoms with Crippen molar-refractivity contribution in [2.75, 3.05) is 13.2 Å². The Morgan fingerprint density at radius 2 is 2.38 bits per heavy atom. The Bertz CT molecular complexity index is 498. The summed E-state index contributed by atoms with van der Waals surface area (Å²) in [6.45, 7) is 7.92. The molecule has 2 unspecified atom stereocenters. The fourth-order valence-corrected chi connectivity index (χ4v) is 2.13. The second-order valence-electron chi connectivity index (χ2n) is 4.51. The van der Waals surface area contributed by atoms with E-state index in [1.54, 1.807) is 18.4 Å². The molecule has 0 fully saturated rings. The minimum absolute atomic E-state index is 0.0793. The molecule has 0 aromatic heterocycles. The summed E-state index contributed by atoms with van der Waals surface area (Å²) in [4.78, 5) is 10.2. The minimum Gasteiger partial charge on any atom is -0.490 e. The molecule has 0 bridgehead atoms. The quantitative estimate of drug-likeness (QED) is 0.399. The molecule has 0 spiro atoms. The van der Waals surface area contributed by atoms with E-state index < -0.39 is 0 Å². The molecule has 0 amide bonds. The number of nitrogens with zero attached hydrogens (tertiary/aromatic N) is 1. The Hall–Kier alpha value is -1.74. The third-order valence-electron chi connectivity index (χ3n) is 2.94. The zero-order valence-electron chi connectivity index (χ0n) is 11.8. The van der Waals surface area contributed by atoms with Gasteiger partial charge in [-0.3, -0.25) is 0 Å². The normalized spacial score (nSPS) is 17.8. The smallest absolute Gasteiger partial charge is 0.168 e. The van der Waals surface area contributed by atoms with Crippen molar-refractivity contribution in [2.45, 2.75) is 12.8 Å². The monoisotopic (exact) mass is 310 g/mol. The van der Waals surface area contributed by atoms with Crippen LogP contribution in [0.3, 0.4) is 0 Å². The summed E-state index contributed by atoms with van der Waals surface area (Å²) in [5.74, 6) is -0.264. The molecule has 2 atom stereocenters. The van der Waals surface area contributed by atoms with Crippen LogP contribution in [0.15, 0.2) is 65.4 Å². The van der Waals surface area contributed by atoms with Crippen molar-refractivity contribution in [3.63, 3.8) is 0 Å². The minimum atomic E-state index is -0.381. The summed E-state index contributed by atoms with van der Waals surface area (Å²) < 4.78 is 19.7. The second-order valence-corrected chi connectivity index (χ2v) is 5.14. The van der Waals surface area contributed by atoms with Crippen molar-refractivity contribution < 1.29 is 9.13 Å². The van der Waals surface area contributed by atoms with E-state index in [9.17, 15) is 9.30 Å². The van der Waals surface area contributed by atoms with Gasteiger partial charge in [0.15, 0.2) is 11.6 Å². The van der Waals surface area contributed by atoms with E-state index >= 15 is 0 Å². The maximum Gasteiger partial charge on any atom is 0.168 e. The Morgan fingerprint density at radius 3 is 3.05 bits per heavy atom. The molecule has 6 heteroatoms. The highest BCUT2D eigenvalue weighted by atomic mass is 31.0. The molecule has 0 aliphatic heterocycles. The van der Waals surface area contributed by atoms with Crippen LogP contribution in [0.5, 0.6) is 0 Å². The zero-order chi connectivity index (χ0) is 15.7. The van der Waals surface area contributed by atoms with Crippen molar-refractivity contribution in [1.29, 1.82) is 0 Å². The molecular weight excluding hydrogens is 290 g/mol. The lowest BCUT2D eigenvalue weighted by atomic mass is 10.1. The van der Waals surface area contributed by atoms with Gasteiger partial charge in [0.25, 0.3) is 0 Å². The summed E-state index contributed by atoms with van der Waals surface area (Å²) in [7, 11) is 2.42. The molecule has 1 aliphatic carbocycles. The highest BCUT2D eigenvalue weighted by Gasteiger charge is 2.18. The first-order valence-electron chi connectivity index (χ1n) is 6.62. The van der Waals surface area contributed by atoms with E-state index in [0.29, 0.717) is 31.3 Å². The fourth-order valence-electron chi connectivity index (χ4n) is 1.76. The van der Waals surface area contributed by atoms with Gasteiger partial charge in [0.1, 0.15) is 0 Å². The summed E-state index contributed by atoms with van der Waals surface area (Å²) in [5.41, 5.74) is 0.270. The van der Waals surface area contributed by atoms with Crippen LogP contribution in [-0.2, 0) is 4.74 Å². The number of allylic oxidation sites excluding steroid dienone is 4. The average molecular weight is 310 g/mol. The third-order valence-corrected chi connectivity index (χ3v) is 3.62. The number of hydrogen-bond donors (Lipinski definition) is 1. The van der Waals surface area contributed by atoms with E-state index in [2.05, 4.69) is 32.9 Å². The van der Waals surface area contributed by atoms with Crippen molar-refractivity contribution in [3.8, 4) is 0 Å². The van der Waals surface area contributed by atoms with Crippen LogP contribution < -0.4 is 5.32 Å². The van der Waals surface area contributed by atoms with Gasteiger partial charge < -0.3 is 10.1 Å². The van der Waals surface area contributed by atoms with Gasteiger partial charge in [0.05, 0.1) is 12.3 Å². The average Bonchev–Trinajstić information content (AvgIpc) is 2.62. The van der Waals surface area contributed by atoms with Gasteiger partial charge in [0.2, 0.25) is 0 Å². The largest absolute Gasteiger partial charge is 0.490 e. The number of ether oxygens (including phenoxy) is 1. The van der Waals surface area contributed by atoms with Crippen LogP contribution in [0, 0.1) is 10.8 Å². The molecule has 21 heavy (non-hydrogen) atoms. The number of halogens is 1. The highest BCUT2D eigenvalue weighted by molar-refractivity contribution is 7.22. The number of nitroso groups, excluding NO2 is 1. The topological polar surface area (TPSA) is 50.7 Å². The van der Waals surface area contributed by atoms with Crippen LogP contribution in [0.4, 0.5) is 4.39 Å². The molecule has 114 valence electrons. The predicted molar refractivity (Wildman–Crippen MR) is 86.9 cm³/mol. The van der Waals surface area contributed by atoms with Crippen LogP contribution in [-0.4, -0.2) is 13.2 Å². The van der Waals surface area contributed by atoms with Crippen LogP contribution in [0.1, 0.15) is 12.8 Å². The van der Waals surface area contributed by atoms with Gasteiger partial charge in [-0.2, -0.15) is 0 Å². The molecular formula is C15H20FN2O2P.